The van der Waals surface area contributed by atoms with Crippen LogP contribution in [-0.4, -0.2) is 22.4 Å². The number of aromatic nitrogens is 2. The number of benzene rings is 1. The highest BCUT2D eigenvalue weighted by Gasteiger charge is 2.12. The number of fused-ring (bicyclic) bond motifs is 1. The molecule has 20 heavy (non-hydrogen) atoms. The second-order valence-electron chi connectivity index (χ2n) is 4.22. The van der Waals surface area contributed by atoms with Crippen LogP contribution in [0.1, 0.15) is 10.5 Å². The SMILES string of the molecule is COc1ccccc1NC(=O)c1cccc2nccn12. The van der Waals surface area contributed by atoms with Crippen LogP contribution in [0.3, 0.4) is 0 Å². The molecule has 3 aromatic rings. The topological polar surface area (TPSA) is 55.6 Å². The molecule has 1 aromatic carbocycles. The molecule has 5 heteroatoms. The molecule has 0 saturated carbocycles. The molecule has 0 aliphatic carbocycles. The van der Waals surface area contributed by atoms with Crippen LogP contribution in [0.5, 0.6) is 5.75 Å². The number of amides is 1. The van der Waals surface area contributed by atoms with Crippen LogP contribution in [0.2, 0.25) is 0 Å². The smallest absolute Gasteiger partial charge is 0.272 e. The zero-order valence-electron chi connectivity index (χ0n) is 10.9. The molecule has 5 nitrogen and oxygen atoms in total. The molecule has 1 N–H and O–H groups in total. The van der Waals surface area contributed by atoms with Gasteiger partial charge in [0.05, 0.1) is 12.8 Å². The molecule has 2 heterocycles. The molecule has 0 saturated heterocycles. The first-order valence-corrected chi connectivity index (χ1v) is 6.16. The summed E-state index contributed by atoms with van der Waals surface area (Å²) in [7, 11) is 1.57. The molecule has 3 rings (SSSR count). The third-order valence-electron chi connectivity index (χ3n) is 3.02. The molecule has 2 aromatic heterocycles. The standard InChI is InChI=1S/C15H13N3O2/c1-20-13-7-3-2-5-11(13)17-15(19)12-6-4-8-14-16-9-10-18(12)14/h2-10H,1H3,(H,17,19). The van der Waals surface area contributed by atoms with Crippen molar-refractivity contribution in [3.63, 3.8) is 0 Å². The van der Waals surface area contributed by atoms with E-state index in [4.69, 9.17) is 4.74 Å². The van der Waals surface area contributed by atoms with Crippen molar-refractivity contribution in [3.8, 4) is 5.75 Å². The Morgan fingerprint density at radius 2 is 2.05 bits per heavy atom. The molecule has 0 aliphatic rings. The molecule has 0 spiro atoms. The van der Waals surface area contributed by atoms with Gasteiger partial charge >= 0.3 is 0 Å². The number of imidazole rings is 1. The summed E-state index contributed by atoms with van der Waals surface area (Å²) in [5.74, 6) is 0.414. The Labute approximate surface area is 115 Å². The van der Waals surface area contributed by atoms with Gasteiger partial charge in [-0.15, -0.1) is 0 Å². The van der Waals surface area contributed by atoms with E-state index in [2.05, 4.69) is 10.3 Å². The minimum Gasteiger partial charge on any atom is -0.495 e. The Morgan fingerprint density at radius 1 is 1.20 bits per heavy atom. The van der Waals surface area contributed by atoms with Gasteiger partial charge in [0, 0.05) is 12.4 Å². The lowest BCUT2D eigenvalue weighted by molar-refractivity contribution is 0.102. The van der Waals surface area contributed by atoms with Crippen molar-refractivity contribution < 1.29 is 9.53 Å². The van der Waals surface area contributed by atoms with Crippen LogP contribution in [0, 0.1) is 0 Å². The van der Waals surface area contributed by atoms with Gasteiger partial charge in [-0.25, -0.2) is 4.98 Å². The van der Waals surface area contributed by atoms with E-state index >= 15 is 0 Å². The lowest BCUT2D eigenvalue weighted by Gasteiger charge is -2.10. The average molecular weight is 267 g/mol. The van der Waals surface area contributed by atoms with Crippen molar-refractivity contribution in [2.45, 2.75) is 0 Å². The Bertz CT molecular complexity index is 764. The van der Waals surface area contributed by atoms with Gasteiger partial charge in [0.15, 0.2) is 0 Å². The minimum atomic E-state index is -0.210. The molecule has 100 valence electrons. The van der Waals surface area contributed by atoms with Crippen molar-refractivity contribution in [2.24, 2.45) is 0 Å². The van der Waals surface area contributed by atoms with Gasteiger partial charge in [-0.1, -0.05) is 18.2 Å². The fraction of sp³-hybridized carbons (Fsp3) is 0.0667. The maximum absolute atomic E-state index is 12.4. The van der Waals surface area contributed by atoms with Crippen LogP contribution >= 0.6 is 0 Å². The quantitative estimate of drug-likeness (QED) is 0.793. The fourth-order valence-electron chi connectivity index (χ4n) is 2.07. The normalized spacial score (nSPS) is 10.4. The predicted molar refractivity (Wildman–Crippen MR) is 76.1 cm³/mol. The van der Waals surface area contributed by atoms with Gasteiger partial charge < -0.3 is 10.1 Å². The lowest BCUT2D eigenvalue weighted by atomic mass is 10.2. The highest BCUT2D eigenvalue weighted by Crippen LogP contribution is 2.23. The van der Waals surface area contributed by atoms with E-state index in [0.29, 0.717) is 17.1 Å². The first kappa shape index (κ1) is 12.2. The van der Waals surface area contributed by atoms with Crippen molar-refractivity contribution >= 4 is 17.2 Å². The monoisotopic (exact) mass is 267 g/mol. The number of hydrogen-bond acceptors (Lipinski definition) is 3. The zero-order chi connectivity index (χ0) is 13.9. The third-order valence-corrected chi connectivity index (χ3v) is 3.02. The van der Waals surface area contributed by atoms with Crippen LogP contribution in [0.15, 0.2) is 54.9 Å². The molecular weight excluding hydrogens is 254 g/mol. The minimum absolute atomic E-state index is 0.210. The summed E-state index contributed by atoms with van der Waals surface area (Å²) in [6, 6.07) is 12.7. The van der Waals surface area contributed by atoms with Crippen molar-refractivity contribution in [1.82, 2.24) is 9.38 Å². The van der Waals surface area contributed by atoms with E-state index in [1.807, 2.05) is 18.2 Å². The summed E-state index contributed by atoms with van der Waals surface area (Å²) in [6.07, 6.45) is 3.42. The number of ether oxygens (including phenoxy) is 1. The summed E-state index contributed by atoms with van der Waals surface area (Å²) in [5.41, 5.74) is 1.89. The lowest BCUT2D eigenvalue weighted by Crippen LogP contribution is -2.16. The van der Waals surface area contributed by atoms with Crippen molar-refractivity contribution in [1.29, 1.82) is 0 Å². The van der Waals surface area contributed by atoms with Gasteiger partial charge in [0.1, 0.15) is 17.1 Å². The number of para-hydroxylation sites is 2. The second kappa shape index (κ2) is 5.05. The number of nitrogens with one attached hydrogen (secondary N) is 1. The number of pyridine rings is 1. The summed E-state index contributed by atoms with van der Waals surface area (Å²) in [5, 5.41) is 2.85. The number of nitrogens with zero attached hydrogens (tertiary/aromatic N) is 2. The number of rotatable bonds is 3. The highest BCUT2D eigenvalue weighted by molar-refractivity contribution is 6.04. The maximum atomic E-state index is 12.4. The van der Waals surface area contributed by atoms with Gasteiger partial charge in [0.25, 0.3) is 5.91 Å². The number of carbonyl (C=O) groups excluding carboxylic acids is 1. The molecule has 0 radical (unpaired) electrons. The highest BCUT2D eigenvalue weighted by atomic mass is 16.5. The average Bonchev–Trinajstić information content (AvgIpc) is 2.96. The van der Waals surface area contributed by atoms with Gasteiger partial charge in [-0.2, -0.15) is 0 Å². The number of carbonyl (C=O) groups is 1. The Morgan fingerprint density at radius 3 is 2.90 bits per heavy atom. The molecular formula is C15H13N3O2. The predicted octanol–water partition coefficient (Wildman–Crippen LogP) is 2.60. The van der Waals surface area contributed by atoms with E-state index in [9.17, 15) is 4.79 Å². The first-order valence-electron chi connectivity index (χ1n) is 6.16. The van der Waals surface area contributed by atoms with Gasteiger partial charge in [-0.05, 0) is 24.3 Å². The fourth-order valence-corrected chi connectivity index (χ4v) is 2.07. The molecule has 1 amide bonds. The Balaban J connectivity index is 1.95. The van der Waals surface area contributed by atoms with Crippen LogP contribution in [-0.2, 0) is 0 Å². The van der Waals surface area contributed by atoms with Gasteiger partial charge in [-0.3, -0.25) is 9.20 Å². The van der Waals surface area contributed by atoms with Crippen LogP contribution in [0.4, 0.5) is 5.69 Å². The third kappa shape index (κ3) is 2.09. The van der Waals surface area contributed by atoms with Crippen molar-refractivity contribution in [2.75, 3.05) is 12.4 Å². The summed E-state index contributed by atoms with van der Waals surface area (Å²) >= 11 is 0. The van der Waals surface area contributed by atoms with Crippen LogP contribution in [0.25, 0.3) is 5.65 Å². The summed E-state index contributed by atoms with van der Waals surface area (Å²) in [4.78, 5) is 16.5. The largest absolute Gasteiger partial charge is 0.495 e. The zero-order valence-corrected chi connectivity index (χ0v) is 10.9. The Kier molecular flexibility index (Phi) is 3.09. The summed E-state index contributed by atoms with van der Waals surface area (Å²) < 4.78 is 6.96. The summed E-state index contributed by atoms with van der Waals surface area (Å²) in [6.45, 7) is 0. The Hall–Kier alpha value is -2.82. The molecule has 0 aliphatic heterocycles. The number of hydrogen-bond donors (Lipinski definition) is 1. The van der Waals surface area contributed by atoms with E-state index in [1.54, 1.807) is 48.2 Å². The van der Waals surface area contributed by atoms with E-state index in [1.165, 1.54) is 0 Å². The molecule has 0 atom stereocenters. The first-order chi connectivity index (χ1) is 9.79. The molecule has 0 fully saturated rings. The van der Waals surface area contributed by atoms with Crippen LogP contribution < -0.4 is 10.1 Å². The van der Waals surface area contributed by atoms with Gasteiger partial charge in [0.2, 0.25) is 0 Å². The van der Waals surface area contributed by atoms with E-state index in [0.717, 1.165) is 5.65 Å². The molecule has 0 bridgehead atoms. The second-order valence-corrected chi connectivity index (χ2v) is 4.22. The maximum Gasteiger partial charge on any atom is 0.272 e. The van der Waals surface area contributed by atoms with Crippen molar-refractivity contribution in [3.05, 3.63) is 60.6 Å². The van der Waals surface area contributed by atoms with E-state index in [-0.39, 0.29) is 5.91 Å². The van der Waals surface area contributed by atoms with E-state index < -0.39 is 0 Å². The molecule has 0 unspecified atom stereocenters. The number of anilines is 1. The number of methoxy groups -OCH3 is 1.